The molecule has 1 aliphatic rings. The van der Waals surface area contributed by atoms with Crippen molar-refractivity contribution in [2.45, 2.75) is 44.4 Å². The van der Waals surface area contributed by atoms with Gasteiger partial charge in [0.25, 0.3) is 10.0 Å². The Bertz CT molecular complexity index is 573. The molecule has 0 atom stereocenters. The average Bonchev–Trinajstić information content (AvgIpc) is 3.09. The summed E-state index contributed by atoms with van der Waals surface area (Å²) < 4.78 is 31.7. The Morgan fingerprint density at radius 1 is 1.50 bits per heavy atom. The molecule has 1 N–H and O–H groups in total. The Hall–Kier alpha value is -1.11. The summed E-state index contributed by atoms with van der Waals surface area (Å²) in [4.78, 5) is 0. The van der Waals surface area contributed by atoms with E-state index in [9.17, 15) is 8.42 Å². The molecule has 20 heavy (non-hydrogen) atoms. The van der Waals surface area contributed by atoms with Crippen molar-refractivity contribution in [1.82, 2.24) is 9.62 Å². The summed E-state index contributed by atoms with van der Waals surface area (Å²) in [6.45, 7) is 8.66. The molecular weight excluding hydrogens is 276 g/mol. The van der Waals surface area contributed by atoms with Crippen molar-refractivity contribution in [3.05, 3.63) is 30.0 Å². The maximum Gasteiger partial charge on any atom is 0.276 e. The third kappa shape index (κ3) is 3.71. The highest BCUT2D eigenvalue weighted by Gasteiger charge is 2.27. The van der Waals surface area contributed by atoms with Crippen LogP contribution >= 0.6 is 0 Å². The number of furan rings is 1. The maximum absolute atomic E-state index is 12.4. The second-order valence-corrected chi connectivity index (χ2v) is 7.13. The van der Waals surface area contributed by atoms with E-state index in [0.717, 1.165) is 5.57 Å². The van der Waals surface area contributed by atoms with Crippen LogP contribution in [0, 0.1) is 0 Å². The van der Waals surface area contributed by atoms with E-state index in [1.54, 1.807) is 13.0 Å². The summed E-state index contributed by atoms with van der Waals surface area (Å²) in [5.74, 6) is 0.654. The van der Waals surface area contributed by atoms with Gasteiger partial charge in [0.2, 0.25) is 5.09 Å². The van der Waals surface area contributed by atoms with E-state index in [0.29, 0.717) is 31.4 Å². The van der Waals surface area contributed by atoms with Gasteiger partial charge in [-0.1, -0.05) is 19.1 Å². The smallest absolute Gasteiger partial charge is 0.276 e. The normalized spacial score (nSPS) is 15.8. The fourth-order valence-corrected chi connectivity index (χ4v) is 3.36. The van der Waals surface area contributed by atoms with Gasteiger partial charge in [0.05, 0.1) is 6.54 Å². The number of sulfonamides is 1. The first-order valence-electron chi connectivity index (χ1n) is 6.90. The van der Waals surface area contributed by atoms with Crippen LogP contribution in [0.3, 0.4) is 0 Å². The lowest BCUT2D eigenvalue weighted by Gasteiger charge is -2.18. The van der Waals surface area contributed by atoms with Gasteiger partial charge in [0, 0.05) is 19.1 Å². The third-order valence-electron chi connectivity index (χ3n) is 3.17. The minimum absolute atomic E-state index is 0.00759. The van der Waals surface area contributed by atoms with Crippen molar-refractivity contribution in [3.63, 3.8) is 0 Å². The first kappa shape index (κ1) is 15.3. The standard InChI is InChI=1S/C14H22N2O3S/c1-4-16(10-11(2)3)20(17,18)14-8-7-13(19-14)9-15-12-5-6-12/h7-8,12,15H,2,4-6,9-10H2,1,3H3. The number of rotatable bonds is 8. The van der Waals surface area contributed by atoms with Gasteiger partial charge in [0.1, 0.15) is 5.76 Å². The Labute approximate surface area is 120 Å². The van der Waals surface area contributed by atoms with Gasteiger partial charge in [0.15, 0.2) is 0 Å². The quantitative estimate of drug-likeness (QED) is 0.747. The van der Waals surface area contributed by atoms with Crippen molar-refractivity contribution in [2.75, 3.05) is 13.1 Å². The van der Waals surface area contributed by atoms with E-state index in [4.69, 9.17) is 4.42 Å². The van der Waals surface area contributed by atoms with Crippen molar-refractivity contribution in [2.24, 2.45) is 0 Å². The molecule has 0 saturated heterocycles. The van der Waals surface area contributed by atoms with Crippen LogP contribution in [-0.4, -0.2) is 31.9 Å². The Kier molecular flexibility index (Phi) is 4.67. The van der Waals surface area contributed by atoms with Crippen LogP contribution in [0.1, 0.15) is 32.4 Å². The van der Waals surface area contributed by atoms with Crippen LogP contribution in [0.15, 0.2) is 33.8 Å². The molecule has 2 rings (SSSR count). The van der Waals surface area contributed by atoms with Crippen molar-refractivity contribution in [3.8, 4) is 0 Å². The highest BCUT2D eigenvalue weighted by atomic mass is 32.2. The topological polar surface area (TPSA) is 62.6 Å². The molecule has 0 spiro atoms. The zero-order valence-corrected chi connectivity index (χ0v) is 12.9. The number of nitrogens with one attached hydrogen (secondary N) is 1. The SMILES string of the molecule is C=C(C)CN(CC)S(=O)(=O)c1ccc(CNC2CC2)o1. The summed E-state index contributed by atoms with van der Waals surface area (Å²) in [7, 11) is -3.57. The minimum atomic E-state index is -3.57. The fourth-order valence-electron chi connectivity index (χ4n) is 1.92. The molecule has 0 aliphatic heterocycles. The van der Waals surface area contributed by atoms with Crippen LogP contribution in [-0.2, 0) is 16.6 Å². The molecular formula is C14H22N2O3S. The van der Waals surface area contributed by atoms with Gasteiger partial charge in [-0.2, -0.15) is 4.31 Å². The van der Waals surface area contributed by atoms with E-state index in [-0.39, 0.29) is 5.09 Å². The molecule has 1 aromatic heterocycles. The molecule has 0 radical (unpaired) electrons. The number of likely N-dealkylation sites (N-methyl/N-ethyl adjacent to an activating group) is 1. The molecule has 6 heteroatoms. The predicted molar refractivity (Wildman–Crippen MR) is 77.8 cm³/mol. The Morgan fingerprint density at radius 3 is 2.75 bits per heavy atom. The van der Waals surface area contributed by atoms with Crippen LogP contribution in [0.5, 0.6) is 0 Å². The third-order valence-corrected chi connectivity index (χ3v) is 4.97. The Balaban J connectivity index is 2.08. The first-order chi connectivity index (χ1) is 9.43. The number of hydrogen-bond donors (Lipinski definition) is 1. The van der Waals surface area contributed by atoms with E-state index in [1.165, 1.54) is 23.2 Å². The maximum atomic E-state index is 12.4. The first-order valence-corrected chi connectivity index (χ1v) is 8.34. The largest absolute Gasteiger partial charge is 0.447 e. The van der Waals surface area contributed by atoms with Gasteiger partial charge in [-0.15, -0.1) is 0 Å². The van der Waals surface area contributed by atoms with Crippen molar-refractivity contribution in [1.29, 1.82) is 0 Å². The molecule has 1 fully saturated rings. The fraction of sp³-hybridized carbons (Fsp3) is 0.571. The van der Waals surface area contributed by atoms with E-state index >= 15 is 0 Å². The number of hydrogen-bond acceptors (Lipinski definition) is 4. The van der Waals surface area contributed by atoms with Gasteiger partial charge in [-0.3, -0.25) is 0 Å². The molecule has 5 nitrogen and oxygen atoms in total. The second kappa shape index (κ2) is 6.11. The van der Waals surface area contributed by atoms with Gasteiger partial charge in [-0.25, -0.2) is 8.42 Å². The average molecular weight is 298 g/mol. The zero-order chi connectivity index (χ0) is 14.8. The summed E-state index contributed by atoms with van der Waals surface area (Å²) in [6, 6.07) is 3.81. The zero-order valence-electron chi connectivity index (χ0n) is 12.1. The molecule has 0 bridgehead atoms. The summed E-state index contributed by atoms with van der Waals surface area (Å²) in [6.07, 6.45) is 2.38. The van der Waals surface area contributed by atoms with E-state index < -0.39 is 10.0 Å². The molecule has 1 aliphatic carbocycles. The monoisotopic (exact) mass is 298 g/mol. The van der Waals surface area contributed by atoms with Crippen LogP contribution in [0.2, 0.25) is 0 Å². The van der Waals surface area contributed by atoms with Gasteiger partial charge >= 0.3 is 0 Å². The van der Waals surface area contributed by atoms with Crippen LogP contribution in [0.4, 0.5) is 0 Å². The molecule has 0 unspecified atom stereocenters. The van der Waals surface area contributed by atoms with E-state index in [2.05, 4.69) is 11.9 Å². The van der Waals surface area contributed by atoms with Crippen molar-refractivity contribution < 1.29 is 12.8 Å². The lowest BCUT2D eigenvalue weighted by Crippen LogP contribution is -2.32. The molecule has 112 valence electrons. The van der Waals surface area contributed by atoms with E-state index in [1.807, 2.05) is 6.92 Å². The predicted octanol–water partition coefficient (Wildman–Crippen LogP) is 2.12. The van der Waals surface area contributed by atoms with Gasteiger partial charge in [-0.05, 0) is 31.9 Å². The minimum Gasteiger partial charge on any atom is -0.447 e. The highest BCUT2D eigenvalue weighted by Crippen LogP contribution is 2.22. The molecule has 1 aromatic rings. The lowest BCUT2D eigenvalue weighted by molar-refractivity contribution is 0.375. The van der Waals surface area contributed by atoms with Crippen LogP contribution < -0.4 is 5.32 Å². The molecule has 0 aromatic carbocycles. The van der Waals surface area contributed by atoms with Gasteiger partial charge < -0.3 is 9.73 Å². The summed E-state index contributed by atoms with van der Waals surface area (Å²) in [5, 5.41) is 3.30. The highest BCUT2D eigenvalue weighted by molar-refractivity contribution is 7.89. The van der Waals surface area contributed by atoms with Crippen LogP contribution in [0.25, 0.3) is 0 Å². The molecule has 1 saturated carbocycles. The molecule has 0 amide bonds. The second-order valence-electron chi connectivity index (χ2n) is 5.26. The lowest BCUT2D eigenvalue weighted by atomic mass is 10.3. The Morgan fingerprint density at radius 2 is 2.20 bits per heavy atom. The summed E-state index contributed by atoms with van der Waals surface area (Å²) >= 11 is 0. The number of nitrogens with zero attached hydrogens (tertiary/aromatic N) is 1. The summed E-state index contributed by atoms with van der Waals surface area (Å²) in [5.41, 5.74) is 0.803. The van der Waals surface area contributed by atoms with Crippen molar-refractivity contribution >= 4 is 10.0 Å². The molecule has 1 heterocycles.